The summed E-state index contributed by atoms with van der Waals surface area (Å²) in [6.45, 7) is 6.76. The molecule has 0 bridgehead atoms. The number of hydrogen-bond donors (Lipinski definition) is 2. The summed E-state index contributed by atoms with van der Waals surface area (Å²) in [4.78, 5) is 6.58. The third-order valence-electron chi connectivity index (χ3n) is 3.77. The van der Waals surface area contributed by atoms with Crippen LogP contribution in [0.3, 0.4) is 0 Å². The fraction of sp³-hybridized carbons (Fsp3) is 0.333. The lowest BCUT2D eigenvalue weighted by molar-refractivity contribution is 0.387. The first-order valence-electron chi connectivity index (χ1n) is 7.47. The number of hydrogen-bond acceptors (Lipinski definition) is 0. The molecular formula is C18H23N3. The standard InChI is InChI=1S/C18H23N3/c1-18(2,3)21-13-14(10-15-6-4-8-19-15)11-17(21)12-16-7-5-9-20-16/h4-9,11,13,19-20H,10,12H2,1-3H3. The molecule has 110 valence electrons. The van der Waals surface area contributed by atoms with E-state index in [0.29, 0.717) is 0 Å². The van der Waals surface area contributed by atoms with Gasteiger partial charge in [-0.1, -0.05) is 0 Å². The molecule has 0 saturated carbocycles. The highest BCUT2D eigenvalue weighted by Crippen LogP contribution is 2.23. The topological polar surface area (TPSA) is 36.5 Å². The molecule has 3 heteroatoms. The number of rotatable bonds is 4. The van der Waals surface area contributed by atoms with E-state index in [2.05, 4.69) is 71.8 Å². The Bertz CT molecular complexity index is 679. The van der Waals surface area contributed by atoms with E-state index < -0.39 is 0 Å². The minimum Gasteiger partial charge on any atom is -0.365 e. The summed E-state index contributed by atoms with van der Waals surface area (Å²) in [7, 11) is 0. The molecule has 0 saturated heterocycles. The largest absolute Gasteiger partial charge is 0.365 e. The Labute approximate surface area is 126 Å². The zero-order valence-electron chi connectivity index (χ0n) is 13.0. The molecule has 3 nitrogen and oxygen atoms in total. The van der Waals surface area contributed by atoms with Gasteiger partial charge in [0, 0.05) is 54.1 Å². The maximum absolute atomic E-state index is 3.30. The second-order valence-corrected chi connectivity index (χ2v) is 6.62. The minimum absolute atomic E-state index is 0.0932. The van der Waals surface area contributed by atoms with Crippen LogP contribution in [-0.4, -0.2) is 14.5 Å². The maximum atomic E-state index is 3.30. The highest BCUT2D eigenvalue weighted by Gasteiger charge is 2.18. The molecule has 3 aromatic rings. The van der Waals surface area contributed by atoms with Crippen molar-refractivity contribution in [2.45, 2.75) is 39.2 Å². The Hall–Kier alpha value is -2.16. The Morgan fingerprint density at radius 3 is 2.10 bits per heavy atom. The average Bonchev–Trinajstić information content (AvgIpc) is 3.11. The third-order valence-corrected chi connectivity index (χ3v) is 3.77. The van der Waals surface area contributed by atoms with Crippen LogP contribution in [0.2, 0.25) is 0 Å². The van der Waals surface area contributed by atoms with Gasteiger partial charge in [0.15, 0.2) is 0 Å². The summed E-state index contributed by atoms with van der Waals surface area (Å²) in [5.41, 5.74) is 5.31. The van der Waals surface area contributed by atoms with Crippen molar-refractivity contribution in [3.8, 4) is 0 Å². The molecule has 0 aliphatic rings. The van der Waals surface area contributed by atoms with Crippen molar-refractivity contribution in [2.24, 2.45) is 0 Å². The summed E-state index contributed by atoms with van der Waals surface area (Å²) >= 11 is 0. The molecular weight excluding hydrogens is 258 g/mol. The molecule has 2 N–H and O–H groups in total. The Morgan fingerprint density at radius 1 is 0.952 bits per heavy atom. The van der Waals surface area contributed by atoms with Gasteiger partial charge in [-0.15, -0.1) is 0 Å². The molecule has 0 atom stereocenters. The number of H-pyrrole nitrogens is 2. The molecule has 0 aromatic carbocycles. The van der Waals surface area contributed by atoms with Crippen LogP contribution < -0.4 is 0 Å². The molecule has 0 fully saturated rings. The second kappa shape index (κ2) is 5.32. The van der Waals surface area contributed by atoms with Crippen LogP contribution in [0.5, 0.6) is 0 Å². The fourth-order valence-corrected chi connectivity index (χ4v) is 2.80. The Morgan fingerprint density at radius 2 is 1.57 bits per heavy atom. The van der Waals surface area contributed by atoms with Gasteiger partial charge in [0.25, 0.3) is 0 Å². The van der Waals surface area contributed by atoms with Crippen LogP contribution in [0, 0.1) is 0 Å². The van der Waals surface area contributed by atoms with Gasteiger partial charge in [0.05, 0.1) is 0 Å². The van der Waals surface area contributed by atoms with Gasteiger partial charge in [0.1, 0.15) is 0 Å². The smallest absolute Gasteiger partial charge is 0.0358 e. The number of nitrogens with one attached hydrogen (secondary N) is 2. The summed E-state index contributed by atoms with van der Waals surface area (Å²) in [5, 5.41) is 0. The van der Waals surface area contributed by atoms with Crippen molar-refractivity contribution >= 4 is 0 Å². The van der Waals surface area contributed by atoms with Gasteiger partial charge in [-0.25, -0.2) is 0 Å². The van der Waals surface area contributed by atoms with E-state index in [-0.39, 0.29) is 5.54 Å². The first-order valence-corrected chi connectivity index (χ1v) is 7.47. The summed E-state index contributed by atoms with van der Waals surface area (Å²) in [6, 6.07) is 10.7. The van der Waals surface area contributed by atoms with Crippen LogP contribution >= 0.6 is 0 Å². The van der Waals surface area contributed by atoms with E-state index in [0.717, 1.165) is 12.8 Å². The first-order chi connectivity index (χ1) is 10.0. The van der Waals surface area contributed by atoms with Crippen LogP contribution in [0.1, 0.15) is 43.4 Å². The molecule has 0 unspecified atom stereocenters. The highest BCUT2D eigenvalue weighted by atomic mass is 15.0. The van der Waals surface area contributed by atoms with Crippen LogP contribution in [0.4, 0.5) is 0 Å². The van der Waals surface area contributed by atoms with Gasteiger partial charge in [-0.2, -0.15) is 0 Å². The van der Waals surface area contributed by atoms with Gasteiger partial charge < -0.3 is 14.5 Å². The zero-order valence-corrected chi connectivity index (χ0v) is 13.0. The third kappa shape index (κ3) is 3.13. The van der Waals surface area contributed by atoms with Crippen molar-refractivity contribution < 1.29 is 0 Å². The fourth-order valence-electron chi connectivity index (χ4n) is 2.80. The first kappa shape index (κ1) is 13.8. The predicted octanol–water partition coefficient (Wildman–Crippen LogP) is 4.08. The SMILES string of the molecule is CC(C)(C)n1cc(Cc2ccc[nH]2)cc1Cc1ccc[nH]1. The Balaban J connectivity index is 1.91. The summed E-state index contributed by atoms with van der Waals surface area (Å²) < 4.78 is 2.39. The van der Waals surface area contributed by atoms with Crippen molar-refractivity contribution in [1.29, 1.82) is 0 Å². The van der Waals surface area contributed by atoms with E-state index in [1.165, 1.54) is 22.6 Å². The van der Waals surface area contributed by atoms with Gasteiger partial charge >= 0.3 is 0 Å². The lowest BCUT2D eigenvalue weighted by Crippen LogP contribution is -2.23. The lowest BCUT2D eigenvalue weighted by Gasteiger charge is -2.24. The lowest BCUT2D eigenvalue weighted by atomic mass is 10.1. The predicted molar refractivity (Wildman–Crippen MR) is 86.6 cm³/mol. The number of nitrogens with zero attached hydrogens (tertiary/aromatic N) is 1. The summed E-state index contributed by atoms with van der Waals surface area (Å²) in [5.74, 6) is 0. The van der Waals surface area contributed by atoms with Gasteiger partial charge in [-0.3, -0.25) is 0 Å². The number of aromatic nitrogens is 3. The monoisotopic (exact) mass is 281 g/mol. The van der Waals surface area contributed by atoms with Crippen molar-refractivity contribution in [2.75, 3.05) is 0 Å². The van der Waals surface area contributed by atoms with Gasteiger partial charge in [0.2, 0.25) is 0 Å². The normalized spacial score (nSPS) is 12.0. The molecule has 0 radical (unpaired) electrons. The van der Waals surface area contributed by atoms with Crippen LogP contribution in [0.25, 0.3) is 0 Å². The Kier molecular flexibility index (Phi) is 3.50. The maximum Gasteiger partial charge on any atom is 0.0358 e. The second-order valence-electron chi connectivity index (χ2n) is 6.62. The average molecular weight is 281 g/mol. The van der Waals surface area contributed by atoms with Crippen molar-refractivity contribution in [1.82, 2.24) is 14.5 Å². The van der Waals surface area contributed by atoms with Crippen LogP contribution in [0.15, 0.2) is 48.9 Å². The van der Waals surface area contributed by atoms with Gasteiger partial charge in [-0.05, 0) is 56.7 Å². The number of aromatic amines is 2. The highest BCUT2D eigenvalue weighted by molar-refractivity contribution is 5.28. The quantitative estimate of drug-likeness (QED) is 0.723. The van der Waals surface area contributed by atoms with E-state index >= 15 is 0 Å². The molecule has 3 aromatic heterocycles. The summed E-state index contributed by atoms with van der Waals surface area (Å²) in [6.07, 6.45) is 8.15. The minimum atomic E-state index is 0.0932. The van der Waals surface area contributed by atoms with Crippen LogP contribution in [-0.2, 0) is 18.4 Å². The van der Waals surface area contributed by atoms with E-state index in [1.54, 1.807) is 0 Å². The molecule has 0 aliphatic heterocycles. The molecule has 21 heavy (non-hydrogen) atoms. The zero-order chi connectivity index (χ0) is 14.9. The van der Waals surface area contributed by atoms with Crippen molar-refractivity contribution in [3.05, 3.63) is 71.6 Å². The van der Waals surface area contributed by atoms with E-state index in [4.69, 9.17) is 0 Å². The molecule has 0 amide bonds. The van der Waals surface area contributed by atoms with Crippen molar-refractivity contribution in [3.63, 3.8) is 0 Å². The molecule has 3 heterocycles. The van der Waals surface area contributed by atoms with E-state index in [9.17, 15) is 0 Å². The molecule has 3 rings (SSSR count). The molecule has 0 aliphatic carbocycles. The van der Waals surface area contributed by atoms with E-state index in [1.807, 2.05) is 12.4 Å². The molecule has 0 spiro atoms.